The van der Waals surface area contributed by atoms with Gasteiger partial charge in [-0.2, -0.15) is 5.10 Å². The van der Waals surface area contributed by atoms with Crippen molar-refractivity contribution in [3.63, 3.8) is 0 Å². The first-order valence-corrected chi connectivity index (χ1v) is 7.85. The van der Waals surface area contributed by atoms with Gasteiger partial charge in [-0.3, -0.25) is 4.68 Å². The van der Waals surface area contributed by atoms with E-state index in [1.807, 2.05) is 0 Å². The second kappa shape index (κ2) is 5.84. The topological polar surface area (TPSA) is 27.1 Å². The third-order valence-electron chi connectivity index (χ3n) is 3.98. The first kappa shape index (κ1) is 14.9. The minimum absolute atomic E-state index is 0.0209. The fourth-order valence-electron chi connectivity index (χ4n) is 2.97. The molecular weight excluding hydrogens is 260 g/mol. The molecule has 0 saturated carbocycles. The Hall–Kier alpha value is -0.540. The van der Waals surface area contributed by atoms with Crippen LogP contribution in [0.4, 0.5) is 0 Å². The summed E-state index contributed by atoms with van der Waals surface area (Å²) >= 11 is 6.09. The van der Waals surface area contributed by atoms with Crippen molar-refractivity contribution in [2.24, 2.45) is 0 Å². The Labute approximate surface area is 121 Å². The summed E-state index contributed by atoms with van der Waals surface area (Å²) in [5.41, 5.74) is 3.67. The highest BCUT2D eigenvalue weighted by Gasteiger charge is 2.32. The van der Waals surface area contributed by atoms with Crippen molar-refractivity contribution in [1.29, 1.82) is 0 Å². The van der Waals surface area contributed by atoms with Gasteiger partial charge in [0, 0.05) is 11.3 Å². The standard InChI is InChI=1S/C15H25ClN2O/c1-5-13-12(9-16)14(6-2)18(17-13)10-11-7-8-15(3,4)19-11/h11H,5-10H2,1-4H3. The molecule has 0 radical (unpaired) electrons. The third-order valence-corrected chi connectivity index (χ3v) is 4.25. The summed E-state index contributed by atoms with van der Waals surface area (Å²) in [5, 5.41) is 4.73. The van der Waals surface area contributed by atoms with Crippen LogP contribution in [0.1, 0.15) is 57.5 Å². The van der Waals surface area contributed by atoms with Crippen molar-refractivity contribution >= 4 is 11.6 Å². The van der Waals surface area contributed by atoms with Crippen molar-refractivity contribution in [3.05, 3.63) is 17.0 Å². The number of hydrogen-bond donors (Lipinski definition) is 0. The van der Waals surface area contributed by atoms with Crippen molar-refractivity contribution < 1.29 is 4.74 Å². The molecule has 0 aliphatic carbocycles. The Morgan fingerprint density at radius 3 is 2.58 bits per heavy atom. The molecule has 0 N–H and O–H groups in total. The fourth-order valence-corrected chi connectivity index (χ4v) is 3.28. The molecule has 2 heterocycles. The van der Waals surface area contributed by atoms with E-state index >= 15 is 0 Å². The number of halogens is 1. The largest absolute Gasteiger partial charge is 0.370 e. The predicted molar refractivity (Wildman–Crippen MR) is 78.7 cm³/mol. The van der Waals surface area contributed by atoms with Crippen LogP contribution in [-0.4, -0.2) is 21.5 Å². The van der Waals surface area contributed by atoms with Gasteiger partial charge in [0.1, 0.15) is 0 Å². The first-order chi connectivity index (χ1) is 9.00. The zero-order valence-corrected chi connectivity index (χ0v) is 13.3. The molecule has 1 aliphatic rings. The molecule has 2 rings (SSSR count). The van der Waals surface area contributed by atoms with Gasteiger partial charge < -0.3 is 4.74 Å². The number of nitrogens with zero attached hydrogens (tertiary/aromatic N) is 2. The highest BCUT2D eigenvalue weighted by molar-refractivity contribution is 6.17. The molecule has 1 saturated heterocycles. The summed E-state index contributed by atoms with van der Waals surface area (Å²) in [6.45, 7) is 9.49. The van der Waals surface area contributed by atoms with E-state index in [1.165, 1.54) is 11.3 Å². The van der Waals surface area contributed by atoms with Crippen molar-refractivity contribution in [2.45, 2.75) is 77.5 Å². The molecule has 0 amide bonds. The Kier molecular flexibility index (Phi) is 4.57. The molecule has 1 aliphatic heterocycles. The van der Waals surface area contributed by atoms with Crippen LogP contribution < -0.4 is 0 Å². The van der Waals surface area contributed by atoms with E-state index < -0.39 is 0 Å². The summed E-state index contributed by atoms with van der Waals surface area (Å²) in [5.74, 6) is 0.559. The van der Waals surface area contributed by atoms with Gasteiger partial charge in [-0.05, 0) is 39.5 Å². The molecular formula is C15H25ClN2O. The molecule has 1 atom stereocenters. The van der Waals surface area contributed by atoms with Crippen molar-refractivity contribution in [3.8, 4) is 0 Å². The smallest absolute Gasteiger partial charge is 0.0779 e. The summed E-state index contributed by atoms with van der Waals surface area (Å²) < 4.78 is 8.20. The maximum Gasteiger partial charge on any atom is 0.0779 e. The Morgan fingerprint density at radius 1 is 1.37 bits per heavy atom. The first-order valence-electron chi connectivity index (χ1n) is 7.32. The monoisotopic (exact) mass is 284 g/mol. The van der Waals surface area contributed by atoms with Gasteiger partial charge in [-0.15, -0.1) is 11.6 Å². The molecule has 0 bridgehead atoms. The second-order valence-corrected chi connectivity index (χ2v) is 6.20. The highest BCUT2D eigenvalue weighted by atomic mass is 35.5. The van der Waals surface area contributed by atoms with Crippen LogP contribution in [0, 0.1) is 0 Å². The number of aromatic nitrogens is 2. The van der Waals surface area contributed by atoms with Gasteiger partial charge >= 0.3 is 0 Å². The molecule has 3 nitrogen and oxygen atoms in total. The van der Waals surface area contributed by atoms with Gasteiger partial charge in [-0.1, -0.05) is 13.8 Å². The predicted octanol–water partition coefficient (Wildman–Crippen LogP) is 3.70. The maximum absolute atomic E-state index is 6.09. The van der Waals surface area contributed by atoms with E-state index in [1.54, 1.807) is 0 Å². The number of hydrogen-bond acceptors (Lipinski definition) is 2. The number of ether oxygens (including phenoxy) is 1. The molecule has 0 spiro atoms. The SMILES string of the molecule is CCc1nn(CC2CCC(C)(C)O2)c(CC)c1CCl. The lowest BCUT2D eigenvalue weighted by Gasteiger charge is -2.19. The summed E-state index contributed by atoms with van der Waals surface area (Å²) in [7, 11) is 0. The molecule has 1 aromatic rings. The molecule has 19 heavy (non-hydrogen) atoms. The number of alkyl halides is 1. The normalized spacial score (nSPS) is 22.1. The molecule has 1 fully saturated rings. The van der Waals surface area contributed by atoms with Gasteiger partial charge in [0.2, 0.25) is 0 Å². The van der Waals surface area contributed by atoms with E-state index in [-0.39, 0.29) is 11.7 Å². The van der Waals surface area contributed by atoms with E-state index in [9.17, 15) is 0 Å². The fraction of sp³-hybridized carbons (Fsp3) is 0.800. The molecule has 108 valence electrons. The van der Waals surface area contributed by atoms with Gasteiger partial charge in [0.25, 0.3) is 0 Å². The van der Waals surface area contributed by atoms with E-state index in [0.29, 0.717) is 5.88 Å². The minimum atomic E-state index is 0.0209. The lowest BCUT2D eigenvalue weighted by molar-refractivity contribution is -0.0233. The third kappa shape index (κ3) is 3.14. The minimum Gasteiger partial charge on any atom is -0.370 e. The zero-order valence-electron chi connectivity index (χ0n) is 12.5. The zero-order chi connectivity index (χ0) is 14.0. The van der Waals surface area contributed by atoms with Crippen LogP contribution in [0.5, 0.6) is 0 Å². The summed E-state index contributed by atoms with van der Waals surface area (Å²) in [6, 6.07) is 0. The highest BCUT2D eigenvalue weighted by Crippen LogP contribution is 2.30. The van der Waals surface area contributed by atoms with Gasteiger partial charge in [0.05, 0.1) is 29.8 Å². The van der Waals surface area contributed by atoms with E-state index in [0.717, 1.165) is 37.9 Å². The summed E-state index contributed by atoms with van der Waals surface area (Å²) in [6.07, 6.45) is 4.45. The van der Waals surface area contributed by atoms with Crippen molar-refractivity contribution in [2.75, 3.05) is 0 Å². The van der Waals surface area contributed by atoms with Gasteiger partial charge in [-0.25, -0.2) is 0 Å². The van der Waals surface area contributed by atoms with Crippen LogP contribution >= 0.6 is 11.6 Å². The quantitative estimate of drug-likeness (QED) is 0.771. The summed E-state index contributed by atoms with van der Waals surface area (Å²) in [4.78, 5) is 0. The van der Waals surface area contributed by atoms with E-state index in [2.05, 4.69) is 32.4 Å². The van der Waals surface area contributed by atoms with Crippen molar-refractivity contribution in [1.82, 2.24) is 9.78 Å². The average Bonchev–Trinajstić information content (AvgIpc) is 2.89. The Bertz CT molecular complexity index is 440. The molecule has 1 aromatic heterocycles. The van der Waals surface area contributed by atoms with E-state index in [4.69, 9.17) is 21.4 Å². The Morgan fingerprint density at radius 2 is 2.11 bits per heavy atom. The molecule has 1 unspecified atom stereocenters. The van der Waals surface area contributed by atoms with Crippen LogP contribution in [-0.2, 0) is 30.0 Å². The number of aryl methyl sites for hydroxylation is 1. The Balaban J connectivity index is 2.18. The van der Waals surface area contributed by atoms with Gasteiger partial charge in [0.15, 0.2) is 0 Å². The molecule has 4 heteroatoms. The molecule has 0 aromatic carbocycles. The second-order valence-electron chi connectivity index (χ2n) is 5.93. The maximum atomic E-state index is 6.09. The van der Waals surface area contributed by atoms with Crippen LogP contribution in [0.2, 0.25) is 0 Å². The van der Waals surface area contributed by atoms with Crippen LogP contribution in [0.3, 0.4) is 0 Å². The lowest BCUT2D eigenvalue weighted by Crippen LogP contribution is -2.24. The average molecular weight is 285 g/mol. The lowest BCUT2D eigenvalue weighted by atomic mass is 10.1. The number of rotatable bonds is 5. The van der Waals surface area contributed by atoms with Crippen LogP contribution in [0.25, 0.3) is 0 Å². The van der Waals surface area contributed by atoms with Crippen LogP contribution in [0.15, 0.2) is 0 Å².